The van der Waals surface area contributed by atoms with Gasteiger partial charge < -0.3 is 9.47 Å². The first-order chi connectivity index (χ1) is 21.0. The molecule has 0 radical (unpaired) electrons. The van der Waals surface area contributed by atoms with Crippen LogP contribution in [0.3, 0.4) is 0 Å². The van der Waals surface area contributed by atoms with Crippen molar-refractivity contribution < 1.29 is 20.5 Å². The third-order valence-corrected chi connectivity index (χ3v) is 12.8. The lowest BCUT2D eigenvalue weighted by Gasteiger charge is -2.47. The lowest BCUT2D eigenvalue weighted by Crippen LogP contribution is -2.40. The Balaban J connectivity index is 0.000000174. The van der Waals surface area contributed by atoms with Crippen LogP contribution in [-0.4, -0.2) is 25.8 Å². The van der Waals surface area contributed by atoms with Crippen LogP contribution >= 0.6 is 0 Å². The molecule has 45 heavy (non-hydrogen) atoms. The highest BCUT2D eigenvalue weighted by atomic mass is 16.5. The predicted molar refractivity (Wildman–Crippen MR) is 183 cm³/mol. The second-order valence-corrected chi connectivity index (χ2v) is 14.8. The SMILES string of the molecule is C.COc1ccc2c(c1)CCC1=C3C=CC(=O)[C@@]3(C)CC[C@]12C.COc1ccc2c(c1)CCC1=C3CCC(=O)[C@@]3(C)CC[C@]12C.[2HH]. The van der Waals surface area contributed by atoms with E-state index in [-0.39, 0.29) is 36.3 Å². The third-order valence-electron chi connectivity index (χ3n) is 12.8. The van der Waals surface area contributed by atoms with Crippen LogP contribution in [0.1, 0.15) is 110 Å². The molecule has 0 spiro atoms. The number of allylic oxidation sites excluding steroid dienone is 6. The fourth-order valence-electron chi connectivity index (χ4n) is 9.85. The van der Waals surface area contributed by atoms with Crippen LogP contribution in [0.5, 0.6) is 11.5 Å². The van der Waals surface area contributed by atoms with Gasteiger partial charge >= 0.3 is 0 Å². The first-order valence-corrected chi connectivity index (χ1v) is 16.6. The Hall–Kier alpha value is -3.40. The zero-order chi connectivity index (χ0) is 31.1. The second kappa shape index (κ2) is 10.9. The number of fused-ring (bicyclic) bond motifs is 8. The van der Waals surface area contributed by atoms with Gasteiger partial charge in [-0.05, 0) is 130 Å². The Bertz CT molecular complexity index is 1690. The quantitative estimate of drug-likeness (QED) is 0.318. The summed E-state index contributed by atoms with van der Waals surface area (Å²) in [6, 6.07) is 13.0. The van der Waals surface area contributed by atoms with Crippen LogP contribution in [0.4, 0.5) is 0 Å². The summed E-state index contributed by atoms with van der Waals surface area (Å²) in [6.07, 6.45) is 14.0. The number of methoxy groups -OCH3 is 2. The monoisotopic (exact) mass is 609 g/mol. The van der Waals surface area contributed by atoms with Crippen LogP contribution in [-0.2, 0) is 33.3 Å². The van der Waals surface area contributed by atoms with Gasteiger partial charge in [-0.2, -0.15) is 0 Å². The molecule has 0 aromatic heterocycles. The molecule has 4 heteroatoms. The van der Waals surface area contributed by atoms with Crippen LogP contribution in [0, 0.1) is 10.8 Å². The fourth-order valence-corrected chi connectivity index (χ4v) is 9.85. The van der Waals surface area contributed by atoms with E-state index in [2.05, 4.69) is 70.2 Å². The molecular weight excluding hydrogens is 556 g/mol. The molecule has 0 bridgehead atoms. The van der Waals surface area contributed by atoms with E-state index < -0.39 is 0 Å². The fraction of sp³-hybridized carbons (Fsp3) is 0.512. The first kappa shape index (κ1) is 31.6. The summed E-state index contributed by atoms with van der Waals surface area (Å²) in [5.41, 5.74) is 11.3. The summed E-state index contributed by atoms with van der Waals surface area (Å²) in [5, 5.41) is 0. The number of hydrogen-bond acceptors (Lipinski definition) is 4. The van der Waals surface area contributed by atoms with Crippen molar-refractivity contribution >= 4 is 11.6 Å². The van der Waals surface area contributed by atoms with Crippen molar-refractivity contribution in [2.24, 2.45) is 10.8 Å². The molecule has 0 aliphatic heterocycles. The maximum Gasteiger partial charge on any atom is 0.165 e. The molecule has 0 unspecified atom stereocenters. The molecule has 8 rings (SSSR count). The molecular formula is C41H52O4. The van der Waals surface area contributed by atoms with Gasteiger partial charge in [0.1, 0.15) is 17.3 Å². The molecule has 6 aliphatic carbocycles. The molecule has 0 N–H and O–H groups in total. The van der Waals surface area contributed by atoms with Gasteiger partial charge in [0.15, 0.2) is 5.78 Å². The lowest BCUT2D eigenvalue weighted by atomic mass is 9.56. The number of aryl methyl sites for hydroxylation is 2. The molecule has 0 heterocycles. The molecule has 1 fully saturated rings. The molecule has 4 nitrogen and oxygen atoms in total. The highest BCUT2D eigenvalue weighted by Crippen LogP contribution is 2.59. The van der Waals surface area contributed by atoms with Crippen LogP contribution < -0.4 is 9.47 Å². The average molecular weight is 610 g/mol. The van der Waals surface area contributed by atoms with Crippen molar-refractivity contribution in [2.75, 3.05) is 14.2 Å². The van der Waals surface area contributed by atoms with Crippen molar-refractivity contribution in [3.05, 3.63) is 93.1 Å². The smallest absolute Gasteiger partial charge is 0.165 e. The van der Waals surface area contributed by atoms with Crippen molar-refractivity contribution in [1.29, 1.82) is 0 Å². The standard InChI is InChI=1S/C20H24O2.C20H22O2.CH4.H2/c2*1-19-10-11-20(2)17(8-9-18(20)21)16(19)6-4-13-12-14(22-3)5-7-15(13)19;;/h5,7,12H,4,6,8-11H2,1-3H3;5,7-9,12H,4,6,10-11H2,1-3H3;1H4;1H/t2*19-,20-;;/m00../s1/i;;;1+1. The van der Waals surface area contributed by atoms with Crippen molar-refractivity contribution in [3.63, 3.8) is 0 Å². The van der Waals surface area contributed by atoms with Crippen molar-refractivity contribution in [3.8, 4) is 11.5 Å². The van der Waals surface area contributed by atoms with Gasteiger partial charge in [0, 0.05) is 24.1 Å². The van der Waals surface area contributed by atoms with Gasteiger partial charge in [0.2, 0.25) is 0 Å². The number of ketones is 2. The minimum atomic E-state index is -0.265. The average Bonchev–Trinajstić information content (AvgIpc) is 3.50. The summed E-state index contributed by atoms with van der Waals surface area (Å²) >= 11 is 0. The Morgan fingerprint density at radius 1 is 0.578 bits per heavy atom. The predicted octanol–water partition coefficient (Wildman–Crippen LogP) is 9.38. The van der Waals surface area contributed by atoms with Gasteiger partial charge in [-0.15, -0.1) is 0 Å². The largest absolute Gasteiger partial charge is 0.497 e. The molecule has 2 aromatic rings. The van der Waals surface area contributed by atoms with Gasteiger partial charge in [-0.1, -0.05) is 56.2 Å². The minimum Gasteiger partial charge on any atom is -0.497 e. The topological polar surface area (TPSA) is 52.6 Å². The van der Waals surface area contributed by atoms with E-state index in [9.17, 15) is 9.59 Å². The first-order valence-electron chi connectivity index (χ1n) is 16.6. The third kappa shape index (κ3) is 4.45. The highest BCUT2D eigenvalue weighted by Gasteiger charge is 2.52. The van der Waals surface area contributed by atoms with Crippen LogP contribution in [0.2, 0.25) is 0 Å². The molecule has 4 atom stereocenters. The zero-order valence-corrected chi connectivity index (χ0v) is 27.3. The Labute approximate surface area is 271 Å². The second-order valence-electron chi connectivity index (χ2n) is 14.8. The number of Topliss-reactive ketones (excluding diaryl/α,β-unsaturated/α-hetero) is 1. The van der Waals surface area contributed by atoms with E-state index in [0.29, 0.717) is 5.78 Å². The summed E-state index contributed by atoms with van der Waals surface area (Å²) in [5.74, 6) is 2.65. The zero-order valence-electron chi connectivity index (χ0n) is 27.3. The number of carbonyl (C=O) groups excluding carboxylic acids is 2. The molecule has 0 amide bonds. The summed E-state index contributed by atoms with van der Waals surface area (Å²) in [4.78, 5) is 24.7. The van der Waals surface area contributed by atoms with Gasteiger partial charge in [-0.25, -0.2) is 0 Å². The Morgan fingerprint density at radius 3 is 1.62 bits per heavy atom. The maximum absolute atomic E-state index is 12.4. The normalized spacial score (nSPS) is 32.2. The minimum absolute atomic E-state index is 0. The Morgan fingerprint density at radius 2 is 1.04 bits per heavy atom. The van der Waals surface area contributed by atoms with E-state index in [4.69, 9.17) is 9.47 Å². The number of hydrogen-bond donors (Lipinski definition) is 0. The Kier molecular flexibility index (Phi) is 7.61. The molecule has 240 valence electrons. The number of carbonyl (C=O) groups is 2. The van der Waals surface area contributed by atoms with Gasteiger partial charge in [-0.3, -0.25) is 9.59 Å². The highest BCUT2D eigenvalue weighted by molar-refractivity contribution is 6.02. The van der Waals surface area contributed by atoms with Crippen LogP contribution in [0.15, 0.2) is 70.8 Å². The van der Waals surface area contributed by atoms with Gasteiger partial charge in [0.25, 0.3) is 0 Å². The summed E-state index contributed by atoms with van der Waals surface area (Å²) < 4.78 is 10.8. The summed E-state index contributed by atoms with van der Waals surface area (Å²) in [7, 11) is 3.45. The van der Waals surface area contributed by atoms with Crippen LogP contribution in [0.25, 0.3) is 0 Å². The molecule has 6 aliphatic rings. The van der Waals surface area contributed by atoms with Crippen molar-refractivity contribution in [1.82, 2.24) is 0 Å². The number of ether oxygens (including phenoxy) is 2. The van der Waals surface area contributed by atoms with E-state index in [1.807, 2.05) is 0 Å². The lowest BCUT2D eigenvalue weighted by molar-refractivity contribution is -0.124. The number of benzene rings is 2. The maximum atomic E-state index is 12.4. The van der Waals surface area contributed by atoms with E-state index in [0.717, 1.165) is 75.7 Å². The van der Waals surface area contributed by atoms with E-state index >= 15 is 0 Å². The van der Waals surface area contributed by atoms with Gasteiger partial charge in [0.05, 0.1) is 19.6 Å². The number of rotatable bonds is 2. The molecule has 2 aromatic carbocycles. The molecule has 0 saturated heterocycles. The van der Waals surface area contributed by atoms with E-state index in [1.165, 1.54) is 39.0 Å². The van der Waals surface area contributed by atoms with E-state index in [1.54, 1.807) is 25.9 Å². The van der Waals surface area contributed by atoms with Crippen molar-refractivity contribution in [2.45, 2.75) is 110 Å². The summed E-state index contributed by atoms with van der Waals surface area (Å²) in [6.45, 7) is 9.06. The molecule has 1 saturated carbocycles.